The van der Waals surface area contributed by atoms with E-state index in [1.165, 1.54) is 5.39 Å². The Morgan fingerprint density at radius 1 is 0.963 bits per heavy atom. The van der Waals surface area contributed by atoms with E-state index in [0.29, 0.717) is 11.7 Å². The van der Waals surface area contributed by atoms with Gasteiger partial charge in [0.25, 0.3) is 0 Å². The summed E-state index contributed by atoms with van der Waals surface area (Å²) in [5.41, 5.74) is 2.94. The quantitative estimate of drug-likeness (QED) is 0.447. The molecule has 0 amide bonds. The summed E-state index contributed by atoms with van der Waals surface area (Å²) in [5.74, 6) is 0. The lowest BCUT2D eigenvalue weighted by atomic mass is 10.1. The number of nitrogens with one attached hydrogen (secondary N) is 2. The van der Waals surface area contributed by atoms with Gasteiger partial charge in [0.1, 0.15) is 0 Å². The molecule has 0 atom stereocenters. The number of thiocarbonyl (C=S) groups is 1. The highest BCUT2D eigenvalue weighted by atomic mass is 35.5. The van der Waals surface area contributed by atoms with Crippen molar-refractivity contribution in [3.05, 3.63) is 89.7 Å². The highest BCUT2D eigenvalue weighted by molar-refractivity contribution is 7.80. The first kappa shape index (κ1) is 17.5. The van der Waals surface area contributed by atoms with Crippen molar-refractivity contribution in [1.82, 2.24) is 9.78 Å². The van der Waals surface area contributed by atoms with Gasteiger partial charge in [-0.05, 0) is 41.4 Å². The molecule has 0 unspecified atom stereocenters. The van der Waals surface area contributed by atoms with E-state index in [1.54, 1.807) is 6.20 Å². The van der Waals surface area contributed by atoms with Crippen molar-refractivity contribution < 1.29 is 0 Å². The maximum atomic E-state index is 5.93. The molecule has 0 radical (unpaired) electrons. The van der Waals surface area contributed by atoms with Gasteiger partial charge < -0.3 is 10.6 Å². The number of hydrogen-bond acceptors (Lipinski definition) is 2. The van der Waals surface area contributed by atoms with Crippen molar-refractivity contribution in [2.75, 3.05) is 10.6 Å². The number of benzene rings is 3. The maximum Gasteiger partial charge on any atom is 0.175 e. The Bertz CT molecular complexity index is 1080. The summed E-state index contributed by atoms with van der Waals surface area (Å²) in [7, 11) is 0. The fraction of sp³-hybridized carbons (Fsp3) is 0.0476. The molecule has 4 rings (SSSR count). The van der Waals surface area contributed by atoms with Gasteiger partial charge in [-0.3, -0.25) is 4.68 Å². The molecule has 0 fully saturated rings. The molecule has 0 saturated carbocycles. The average Bonchev–Trinajstić information content (AvgIpc) is 3.10. The lowest BCUT2D eigenvalue weighted by molar-refractivity contribution is 0.687. The van der Waals surface area contributed by atoms with Crippen LogP contribution in [0.15, 0.2) is 79.1 Å². The minimum absolute atomic E-state index is 0.525. The van der Waals surface area contributed by atoms with Crippen LogP contribution in [0.3, 0.4) is 0 Å². The van der Waals surface area contributed by atoms with Gasteiger partial charge in [-0.2, -0.15) is 5.10 Å². The van der Waals surface area contributed by atoms with Crippen molar-refractivity contribution in [2.24, 2.45) is 0 Å². The van der Waals surface area contributed by atoms with Gasteiger partial charge in [-0.1, -0.05) is 60.1 Å². The van der Waals surface area contributed by atoms with Crippen molar-refractivity contribution in [1.29, 1.82) is 0 Å². The first-order valence-corrected chi connectivity index (χ1v) is 9.29. The molecule has 0 aliphatic carbocycles. The topological polar surface area (TPSA) is 41.9 Å². The summed E-state index contributed by atoms with van der Waals surface area (Å²) < 4.78 is 1.85. The predicted octanol–water partition coefficient (Wildman–Crippen LogP) is 5.55. The molecule has 2 N–H and O–H groups in total. The Labute approximate surface area is 167 Å². The minimum Gasteiger partial charge on any atom is -0.332 e. The Morgan fingerprint density at radius 3 is 2.59 bits per heavy atom. The van der Waals surface area contributed by atoms with Crippen LogP contribution in [-0.4, -0.2) is 14.9 Å². The van der Waals surface area contributed by atoms with Gasteiger partial charge in [0, 0.05) is 22.3 Å². The van der Waals surface area contributed by atoms with Crippen LogP contribution in [0.2, 0.25) is 5.02 Å². The molecule has 0 saturated heterocycles. The number of hydrogen-bond donors (Lipinski definition) is 2. The third kappa shape index (κ3) is 4.27. The van der Waals surface area contributed by atoms with E-state index in [1.807, 2.05) is 59.4 Å². The van der Waals surface area contributed by atoms with Crippen LogP contribution >= 0.6 is 23.8 Å². The molecule has 1 heterocycles. The van der Waals surface area contributed by atoms with E-state index in [0.717, 1.165) is 27.3 Å². The molecule has 27 heavy (non-hydrogen) atoms. The highest BCUT2D eigenvalue weighted by Crippen LogP contribution is 2.23. The summed E-state index contributed by atoms with van der Waals surface area (Å²) in [6.07, 6.45) is 3.68. The molecule has 6 heteroatoms. The molecule has 1 aromatic heterocycles. The monoisotopic (exact) mass is 392 g/mol. The number of fused-ring (bicyclic) bond motifs is 1. The molecule has 4 aromatic rings. The Kier molecular flexibility index (Phi) is 5.05. The first-order chi connectivity index (χ1) is 13.2. The van der Waals surface area contributed by atoms with Crippen LogP contribution in [0, 0.1) is 0 Å². The number of nitrogens with zero attached hydrogens (tertiary/aromatic N) is 2. The number of anilines is 2. The van der Waals surface area contributed by atoms with Crippen LogP contribution in [0.5, 0.6) is 0 Å². The van der Waals surface area contributed by atoms with E-state index in [4.69, 9.17) is 23.8 Å². The molecule has 0 aliphatic heterocycles. The first-order valence-electron chi connectivity index (χ1n) is 8.50. The summed E-state index contributed by atoms with van der Waals surface area (Å²) in [4.78, 5) is 0. The molecular formula is C21H17ClN4S. The molecule has 3 aromatic carbocycles. The van der Waals surface area contributed by atoms with Gasteiger partial charge in [0.15, 0.2) is 5.11 Å². The standard InChI is InChI=1S/C21H17ClN4S/c22-17-10-8-15(9-11-17)13-26-14-18(12-23-26)24-21(27)25-20-7-3-5-16-4-1-2-6-19(16)20/h1-12,14H,13H2,(H2,24,25,27). The zero-order valence-corrected chi connectivity index (χ0v) is 16.0. The SMILES string of the molecule is S=C(Nc1cnn(Cc2ccc(Cl)cc2)c1)Nc1cccc2ccccc12. The smallest absolute Gasteiger partial charge is 0.175 e. The van der Waals surface area contributed by atoms with Crippen LogP contribution in [0.1, 0.15) is 5.56 Å². The molecule has 0 bridgehead atoms. The van der Waals surface area contributed by atoms with E-state index >= 15 is 0 Å². The van der Waals surface area contributed by atoms with Crippen LogP contribution in [0.4, 0.5) is 11.4 Å². The van der Waals surface area contributed by atoms with Crippen molar-refractivity contribution in [3.63, 3.8) is 0 Å². The Balaban J connectivity index is 1.42. The lowest BCUT2D eigenvalue weighted by Crippen LogP contribution is -2.18. The zero-order valence-electron chi connectivity index (χ0n) is 14.4. The van der Waals surface area contributed by atoms with Gasteiger partial charge in [0.2, 0.25) is 0 Å². The largest absolute Gasteiger partial charge is 0.332 e. The van der Waals surface area contributed by atoms with E-state index in [9.17, 15) is 0 Å². The fourth-order valence-corrected chi connectivity index (χ4v) is 3.26. The lowest BCUT2D eigenvalue weighted by Gasteiger charge is -2.11. The van der Waals surface area contributed by atoms with E-state index in [2.05, 4.69) is 33.9 Å². The molecule has 134 valence electrons. The van der Waals surface area contributed by atoms with Gasteiger partial charge in [-0.15, -0.1) is 0 Å². The van der Waals surface area contributed by atoms with Crippen LogP contribution in [0.25, 0.3) is 10.8 Å². The summed E-state index contributed by atoms with van der Waals surface area (Å²) in [6.45, 7) is 0.669. The van der Waals surface area contributed by atoms with E-state index in [-0.39, 0.29) is 0 Å². The normalized spacial score (nSPS) is 10.7. The number of aromatic nitrogens is 2. The van der Waals surface area contributed by atoms with Crippen molar-refractivity contribution >= 4 is 51.1 Å². The summed E-state index contributed by atoms with van der Waals surface area (Å²) >= 11 is 11.4. The Hall–Kier alpha value is -2.89. The second-order valence-corrected chi connectivity index (χ2v) is 7.00. The molecule has 4 nitrogen and oxygen atoms in total. The minimum atomic E-state index is 0.525. The third-order valence-corrected chi connectivity index (χ3v) is 4.64. The molecule has 0 spiro atoms. The summed E-state index contributed by atoms with van der Waals surface area (Å²) in [5, 5.41) is 14.4. The van der Waals surface area contributed by atoms with Gasteiger partial charge in [0.05, 0.1) is 18.4 Å². The van der Waals surface area contributed by atoms with Crippen molar-refractivity contribution in [3.8, 4) is 0 Å². The fourth-order valence-electron chi connectivity index (χ4n) is 2.91. The van der Waals surface area contributed by atoms with Crippen LogP contribution < -0.4 is 10.6 Å². The van der Waals surface area contributed by atoms with Crippen LogP contribution in [-0.2, 0) is 6.54 Å². The number of rotatable bonds is 4. The maximum absolute atomic E-state index is 5.93. The summed E-state index contributed by atoms with van der Waals surface area (Å²) in [6, 6.07) is 22.0. The van der Waals surface area contributed by atoms with Gasteiger partial charge >= 0.3 is 0 Å². The average molecular weight is 393 g/mol. The zero-order chi connectivity index (χ0) is 18.6. The number of halogens is 1. The Morgan fingerprint density at radius 2 is 1.74 bits per heavy atom. The third-order valence-electron chi connectivity index (χ3n) is 4.19. The molecule has 0 aliphatic rings. The van der Waals surface area contributed by atoms with E-state index < -0.39 is 0 Å². The highest BCUT2D eigenvalue weighted by Gasteiger charge is 2.05. The van der Waals surface area contributed by atoms with Crippen molar-refractivity contribution in [2.45, 2.75) is 6.54 Å². The molecular weight excluding hydrogens is 376 g/mol. The second-order valence-electron chi connectivity index (χ2n) is 6.16. The van der Waals surface area contributed by atoms with Gasteiger partial charge in [-0.25, -0.2) is 0 Å². The predicted molar refractivity (Wildman–Crippen MR) is 117 cm³/mol. The second kappa shape index (κ2) is 7.78.